The zero-order chi connectivity index (χ0) is 18.3. The molecule has 1 aromatic carbocycles. The molecular formula is C16H15ClN4O4. The van der Waals surface area contributed by atoms with E-state index in [0.29, 0.717) is 10.7 Å². The minimum atomic E-state index is -0.951. The molecule has 2 aromatic rings. The molecule has 8 nitrogen and oxygen atoms in total. The van der Waals surface area contributed by atoms with Crippen LogP contribution in [0.1, 0.15) is 17.9 Å². The Hall–Kier alpha value is -2.87. The Morgan fingerprint density at radius 2 is 1.80 bits per heavy atom. The summed E-state index contributed by atoms with van der Waals surface area (Å²) in [6, 6.07) is 6.51. The van der Waals surface area contributed by atoms with Crippen LogP contribution in [0.25, 0.3) is 0 Å². The highest BCUT2D eigenvalue weighted by atomic mass is 35.5. The first kappa shape index (κ1) is 17.0. The van der Waals surface area contributed by atoms with E-state index in [9.17, 15) is 19.2 Å². The van der Waals surface area contributed by atoms with Crippen LogP contribution in [0.4, 0.5) is 11.5 Å². The fourth-order valence-electron chi connectivity index (χ4n) is 2.80. The standard InChI is InChI=1S/C16H15ClN4O4/c1-20-13-12(15(24)21(2)16(20)25)10(14(23)19-13)7-11(22)18-9-5-3-8(17)4-6-9/h3-6,10H,7H2,1-2H3,(H,18,22)(H,19,23). The van der Waals surface area contributed by atoms with E-state index in [4.69, 9.17) is 11.6 Å². The summed E-state index contributed by atoms with van der Waals surface area (Å²) in [5.74, 6) is -1.72. The highest BCUT2D eigenvalue weighted by Crippen LogP contribution is 2.31. The molecule has 2 N–H and O–H groups in total. The van der Waals surface area contributed by atoms with Gasteiger partial charge in [0.05, 0.1) is 11.5 Å². The largest absolute Gasteiger partial charge is 0.332 e. The van der Waals surface area contributed by atoms with Gasteiger partial charge in [0, 0.05) is 31.2 Å². The molecule has 0 fully saturated rings. The van der Waals surface area contributed by atoms with Gasteiger partial charge in [-0.2, -0.15) is 0 Å². The zero-order valence-electron chi connectivity index (χ0n) is 13.5. The monoisotopic (exact) mass is 362 g/mol. The number of carbonyl (C=O) groups is 2. The molecule has 1 aromatic heterocycles. The van der Waals surface area contributed by atoms with Crippen molar-refractivity contribution in [2.45, 2.75) is 12.3 Å². The molecule has 0 aliphatic carbocycles. The van der Waals surface area contributed by atoms with Gasteiger partial charge in [-0.1, -0.05) is 11.6 Å². The van der Waals surface area contributed by atoms with E-state index in [1.54, 1.807) is 24.3 Å². The number of fused-ring (bicyclic) bond motifs is 1. The number of halogens is 1. The van der Waals surface area contributed by atoms with Crippen LogP contribution < -0.4 is 21.9 Å². The van der Waals surface area contributed by atoms with Gasteiger partial charge in [0.25, 0.3) is 5.56 Å². The molecule has 1 aliphatic rings. The predicted molar refractivity (Wildman–Crippen MR) is 93.0 cm³/mol. The Kier molecular flexibility index (Phi) is 4.22. The molecule has 1 unspecified atom stereocenters. The third kappa shape index (κ3) is 2.96. The Morgan fingerprint density at radius 1 is 1.16 bits per heavy atom. The summed E-state index contributed by atoms with van der Waals surface area (Å²) in [6.45, 7) is 0. The number of hydrogen-bond acceptors (Lipinski definition) is 4. The van der Waals surface area contributed by atoms with Crippen molar-refractivity contribution in [3.05, 3.63) is 55.7 Å². The van der Waals surface area contributed by atoms with E-state index in [2.05, 4.69) is 10.6 Å². The average Bonchev–Trinajstić information content (AvgIpc) is 2.90. The Bertz CT molecular complexity index is 991. The quantitative estimate of drug-likeness (QED) is 0.843. The smallest absolute Gasteiger partial charge is 0.326 e. The number of hydrogen-bond donors (Lipinski definition) is 2. The Balaban J connectivity index is 1.89. The van der Waals surface area contributed by atoms with Crippen LogP contribution >= 0.6 is 11.6 Å². The average molecular weight is 363 g/mol. The van der Waals surface area contributed by atoms with Crippen LogP contribution in [0.5, 0.6) is 0 Å². The number of nitrogens with one attached hydrogen (secondary N) is 2. The number of rotatable bonds is 3. The first-order valence-corrected chi connectivity index (χ1v) is 7.83. The van der Waals surface area contributed by atoms with Crippen LogP contribution in [0.15, 0.2) is 33.9 Å². The molecule has 0 bridgehead atoms. The lowest BCUT2D eigenvalue weighted by Gasteiger charge is -2.11. The van der Waals surface area contributed by atoms with Crippen molar-refractivity contribution in [2.75, 3.05) is 10.6 Å². The van der Waals surface area contributed by atoms with Gasteiger partial charge >= 0.3 is 5.69 Å². The van der Waals surface area contributed by atoms with Crippen LogP contribution in [-0.4, -0.2) is 20.9 Å². The molecule has 0 saturated heterocycles. The third-order valence-electron chi connectivity index (χ3n) is 4.12. The number of amides is 2. The molecule has 0 saturated carbocycles. The zero-order valence-corrected chi connectivity index (χ0v) is 14.3. The highest BCUT2D eigenvalue weighted by Gasteiger charge is 2.37. The molecule has 0 radical (unpaired) electrons. The van der Waals surface area contributed by atoms with Crippen molar-refractivity contribution >= 4 is 34.9 Å². The number of carbonyl (C=O) groups excluding carboxylic acids is 2. The van der Waals surface area contributed by atoms with E-state index < -0.39 is 29.0 Å². The normalized spacial score (nSPS) is 15.6. The molecule has 9 heteroatoms. The second-order valence-corrected chi connectivity index (χ2v) is 6.21. The first-order valence-electron chi connectivity index (χ1n) is 7.45. The number of aromatic nitrogens is 2. The van der Waals surface area contributed by atoms with Gasteiger partial charge in [-0.3, -0.25) is 23.5 Å². The topological polar surface area (TPSA) is 102 Å². The lowest BCUT2D eigenvalue weighted by molar-refractivity contribution is -0.122. The Labute approximate surface area is 147 Å². The van der Waals surface area contributed by atoms with Gasteiger partial charge in [0.2, 0.25) is 11.8 Å². The summed E-state index contributed by atoms with van der Waals surface area (Å²) in [4.78, 5) is 48.8. The summed E-state index contributed by atoms with van der Waals surface area (Å²) in [5.41, 5.74) is -0.474. The molecule has 1 atom stereocenters. The fraction of sp³-hybridized carbons (Fsp3) is 0.250. The summed E-state index contributed by atoms with van der Waals surface area (Å²) >= 11 is 5.79. The van der Waals surface area contributed by atoms with E-state index >= 15 is 0 Å². The number of nitrogens with zero attached hydrogens (tertiary/aromatic N) is 2. The lowest BCUT2D eigenvalue weighted by Crippen LogP contribution is -2.39. The molecule has 3 rings (SSSR count). The van der Waals surface area contributed by atoms with E-state index in [1.165, 1.54) is 18.7 Å². The molecule has 1 aliphatic heterocycles. The Morgan fingerprint density at radius 3 is 2.44 bits per heavy atom. The van der Waals surface area contributed by atoms with Gasteiger partial charge in [0.15, 0.2) is 0 Å². The second-order valence-electron chi connectivity index (χ2n) is 5.77. The van der Waals surface area contributed by atoms with E-state index in [0.717, 1.165) is 4.57 Å². The molecule has 2 amide bonds. The van der Waals surface area contributed by atoms with Crippen molar-refractivity contribution in [1.82, 2.24) is 9.13 Å². The molecule has 130 valence electrons. The number of anilines is 2. The number of benzene rings is 1. The maximum Gasteiger partial charge on any atom is 0.332 e. The molecule has 25 heavy (non-hydrogen) atoms. The van der Waals surface area contributed by atoms with Crippen LogP contribution in [0, 0.1) is 0 Å². The summed E-state index contributed by atoms with van der Waals surface area (Å²) in [5, 5.41) is 5.70. The predicted octanol–water partition coefficient (Wildman–Crippen LogP) is 0.802. The highest BCUT2D eigenvalue weighted by molar-refractivity contribution is 6.30. The van der Waals surface area contributed by atoms with Crippen LogP contribution in [0.3, 0.4) is 0 Å². The fourth-order valence-corrected chi connectivity index (χ4v) is 2.92. The maximum absolute atomic E-state index is 12.4. The van der Waals surface area contributed by atoms with E-state index in [1.807, 2.05) is 0 Å². The van der Waals surface area contributed by atoms with Crippen molar-refractivity contribution in [1.29, 1.82) is 0 Å². The van der Waals surface area contributed by atoms with Crippen molar-refractivity contribution in [3.63, 3.8) is 0 Å². The van der Waals surface area contributed by atoms with Gasteiger partial charge in [0.1, 0.15) is 5.82 Å². The van der Waals surface area contributed by atoms with Crippen LogP contribution in [-0.2, 0) is 23.7 Å². The van der Waals surface area contributed by atoms with E-state index in [-0.39, 0.29) is 17.8 Å². The minimum Gasteiger partial charge on any atom is -0.326 e. The van der Waals surface area contributed by atoms with Gasteiger partial charge < -0.3 is 10.6 Å². The van der Waals surface area contributed by atoms with Crippen molar-refractivity contribution < 1.29 is 9.59 Å². The van der Waals surface area contributed by atoms with Gasteiger partial charge in [-0.15, -0.1) is 0 Å². The molecule has 2 heterocycles. The SMILES string of the molecule is Cn1c2c(c(=O)n(C)c1=O)C(CC(=O)Nc1ccc(Cl)cc1)C(=O)N2. The van der Waals surface area contributed by atoms with Gasteiger partial charge in [-0.05, 0) is 24.3 Å². The first-order chi connectivity index (χ1) is 11.8. The van der Waals surface area contributed by atoms with Crippen molar-refractivity contribution in [3.8, 4) is 0 Å². The minimum absolute atomic E-state index is 0.126. The lowest BCUT2D eigenvalue weighted by atomic mass is 9.99. The van der Waals surface area contributed by atoms with Crippen LogP contribution in [0.2, 0.25) is 5.02 Å². The summed E-state index contributed by atoms with van der Waals surface area (Å²) < 4.78 is 2.11. The summed E-state index contributed by atoms with van der Waals surface area (Å²) in [7, 11) is 2.79. The maximum atomic E-state index is 12.4. The summed E-state index contributed by atoms with van der Waals surface area (Å²) in [6.07, 6.45) is -0.213. The molecule has 0 spiro atoms. The third-order valence-corrected chi connectivity index (χ3v) is 4.38. The molecular weight excluding hydrogens is 348 g/mol. The van der Waals surface area contributed by atoms with Crippen molar-refractivity contribution in [2.24, 2.45) is 14.1 Å². The van der Waals surface area contributed by atoms with Gasteiger partial charge in [-0.25, -0.2) is 4.79 Å². The second kappa shape index (κ2) is 6.21.